The van der Waals surface area contributed by atoms with Crippen LogP contribution < -0.4 is 4.74 Å². The summed E-state index contributed by atoms with van der Waals surface area (Å²) in [5.74, 6) is 1.80. The van der Waals surface area contributed by atoms with Crippen molar-refractivity contribution >= 4 is 6.09 Å². The molecule has 2 aromatic carbocycles. The first-order valence-corrected chi connectivity index (χ1v) is 14.5. The first kappa shape index (κ1) is 26.8. The Morgan fingerprint density at radius 3 is 2.33 bits per heavy atom. The van der Waals surface area contributed by atoms with Crippen LogP contribution in [0.15, 0.2) is 85.1 Å². The Balaban J connectivity index is 1.36. The minimum Gasteiger partial charge on any atom is -0.468 e. The highest BCUT2D eigenvalue weighted by molar-refractivity contribution is 5.84. The highest BCUT2D eigenvalue weighted by atomic mass is 16.5. The van der Waals surface area contributed by atoms with Gasteiger partial charge in [-0.15, -0.1) is 10.2 Å². The second-order valence-electron chi connectivity index (χ2n) is 12.1. The van der Waals surface area contributed by atoms with E-state index in [4.69, 9.17) is 9.72 Å². The topological polar surface area (TPSA) is 106 Å². The highest BCUT2D eigenvalue weighted by Crippen LogP contribution is 2.50. The lowest BCUT2D eigenvalue weighted by atomic mass is 9.69. The third kappa shape index (κ3) is 4.43. The molecule has 1 N–H and O–H groups in total. The lowest BCUT2D eigenvalue weighted by Gasteiger charge is -2.54. The molecule has 43 heavy (non-hydrogen) atoms. The Morgan fingerprint density at radius 1 is 0.953 bits per heavy atom. The first-order valence-electron chi connectivity index (χ1n) is 14.5. The zero-order valence-corrected chi connectivity index (χ0v) is 24.4. The molecular weight excluding hydrogens is 540 g/mol. The summed E-state index contributed by atoms with van der Waals surface area (Å²) >= 11 is 0. The van der Waals surface area contributed by atoms with Crippen LogP contribution in [0.2, 0.25) is 0 Å². The van der Waals surface area contributed by atoms with Gasteiger partial charge in [-0.3, -0.25) is 14.5 Å². The molecule has 4 heterocycles. The van der Waals surface area contributed by atoms with E-state index in [-0.39, 0.29) is 6.61 Å². The maximum Gasteiger partial charge on any atom is 0.408 e. The second kappa shape index (κ2) is 10.0. The SMILES string of the molecule is CC(C)(C)N(C(=O)O)C1(c2ccc(-c3nc4c(cc3-c3ccccc3)-n3c(nnc3-c3ccccn3)CO4)cc2)CCC1. The molecule has 0 unspecified atom stereocenters. The van der Waals surface area contributed by atoms with E-state index in [1.807, 2.05) is 73.9 Å². The van der Waals surface area contributed by atoms with Crippen molar-refractivity contribution in [3.05, 3.63) is 96.4 Å². The molecule has 9 nitrogen and oxygen atoms in total. The molecule has 2 aliphatic rings. The molecular formula is C34H32N6O3. The summed E-state index contributed by atoms with van der Waals surface area (Å²) < 4.78 is 8.10. The fourth-order valence-electron chi connectivity index (χ4n) is 6.47. The van der Waals surface area contributed by atoms with Crippen molar-refractivity contribution in [3.63, 3.8) is 0 Å². The average Bonchev–Trinajstić information content (AvgIpc) is 3.43. The van der Waals surface area contributed by atoms with Gasteiger partial charge in [0.1, 0.15) is 11.4 Å². The largest absolute Gasteiger partial charge is 0.468 e. The van der Waals surface area contributed by atoms with E-state index in [1.54, 1.807) is 11.1 Å². The number of nitrogens with zero attached hydrogens (tertiary/aromatic N) is 6. The number of fused-ring (bicyclic) bond motifs is 3. The molecule has 0 saturated heterocycles. The van der Waals surface area contributed by atoms with E-state index in [0.29, 0.717) is 23.2 Å². The van der Waals surface area contributed by atoms with Crippen molar-refractivity contribution in [1.82, 2.24) is 29.6 Å². The summed E-state index contributed by atoms with van der Waals surface area (Å²) in [6.07, 6.45) is 3.44. The van der Waals surface area contributed by atoms with Crippen molar-refractivity contribution in [3.8, 4) is 45.5 Å². The molecule has 216 valence electrons. The Bertz CT molecular complexity index is 1810. The van der Waals surface area contributed by atoms with Crippen LogP contribution in [0.25, 0.3) is 39.6 Å². The van der Waals surface area contributed by atoms with Crippen molar-refractivity contribution < 1.29 is 14.6 Å². The molecule has 7 rings (SSSR count). The standard InChI is InChI=1S/C34H32N6O3/c1-33(2,3)40(32(41)42)34(17-9-18-34)24-15-13-23(14-16-24)29-25(22-10-5-4-6-11-22)20-27-31(36-29)43-21-28-37-38-30(39(27)28)26-12-7-8-19-35-26/h4-8,10-16,19-20H,9,17-18,21H2,1-3H3,(H,41,42). The van der Waals surface area contributed by atoms with Gasteiger partial charge in [-0.05, 0) is 69.4 Å². The number of aromatic nitrogens is 5. The number of hydrogen-bond donors (Lipinski definition) is 1. The molecule has 1 aliphatic heterocycles. The third-order valence-corrected chi connectivity index (χ3v) is 8.42. The van der Waals surface area contributed by atoms with Crippen LogP contribution in [0, 0.1) is 0 Å². The van der Waals surface area contributed by atoms with E-state index in [1.165, 1.54) is 0 Å². The van der Waals surface area contributed by atoms with Crippen molar-refractivity contribution in [1.29, 1.82) is 0 Å². The predicted octanol–water partition coefficient (Wildman–Crippen LogP) is 7.11. The molecule has 0 spiro atoms. The van der Waals surface area contributed by atoms with Crippen LogP contribution in [0.1, 0.15) is 51.4 Å². The van der Waals surface area contributed by atoms with E-state index >= 15 is 0 Å². The molecule has 5 aromatic rings. The molecule has 0 bridgehead atoms. The molecule has 1 aliphatic carbocycles. The van der Waals surface area contributed by atoms with Gasteiger partial charge in [0.05, 0.1) is 11.2 Å². The number of benzene rings is 2. The molecule has 0 atom stereocenters. The number of carboxylic acid groups (broad SMARTS) is 1. The summed E-state index contributed by atoms with van der Waals surface area (Å²) in [4.78, 5) is 23.7. The molecule has 9 heteroatoms. The van der Waals surface area contributed by atoms with Crippen LogP contribution in [0.3, 0.4) is 0 Å². The number of ether oxygens (including phenoxy) is 1. The lowest BCUT2D eigenvalue weighted by molar-refractivity contribution is -0.0328. The van der Waals surface area contributed by atoms with Crippen molar-refractivity contribution in [2.24, 2.45) is 0 Å². The summed E-state index contributed by atoms with van der Waals surface area (Å²) in [6, 6.07) is 26.1. The van der Waals surface area contributed by atoms with Gasteiger partial charge < -0.3 is 9.84 Å². The summed E-state index contributed by atoms with van der Waals surface area (Å²) in [5.41, 5.74) is 5.04. The van der Waals surface area contributed by atoms with Gasteiger partial charge in [0.25, 0.3) is 0 Å². The molecule has 1 amide bonds. The number of hydrogen-bond acceptors (Lipinski definition) is 6. The van der Waals surface area contributed by atoms with Gasteiger partial charge in [-0.2, -0.15) is 0 Å². The highest BCUT2D eigenvalue weighted by Gasteiger charge is 2.50. The minimum atomic E-state index is -0.894. The minimum absolute atomic E-state index is 0.239. The maximum absolute atomic E-state index is 12.5. The quantitative estimate of drug-likeness (QED) is 0.239. The van der Waals surface area contributed by atoms with Crippen LogP contribution in [-0.4, -0.2) is 46.4 Å². The van der Waals surface area contributed by atoms with E-state index in [0.717, 1.165) is 52.9 Å². The molecule has 1 fully saturated rings. The predicted molar refractivity (Wildman–Crippen MR) is 163 cm³/mol. The Morgan fingerprint density at radius 2 is 1.70 bits per heavy atom. The van der Waals surface area contributed by atoms with Crippen molar-refractivity contribution in [2.45, 2.75) is 57.7 Å². The van der Waals surface area contributed by atoms with Crippen LogP contribution in [0.4, 0.5) is 4.79 Å². The fraction of sp³-hybridized carbons (Fsp3) is 0.265. The van der Waals surface area contributed by atoms with Crippen molar-refractivity contribution in [2.75, 3.05) is 0 Å². The number of carbonyl (C=O) groups is 1. The average molecular weight is 573 g/mol. The maximum atomic E-state index is 12.5. The fourth-order valence-corrected chi connectivity index (χ4v) is 6.47. The Labute approximate surface area is 249 Å². The Kier molecular flexibility index (Phi) is 6.27. The third-order valence-electron chi connectivity index (χ3n) is 8.42. The van der Waals surface area contributed by atoms with Gasteiger partial charge in [0.2, 0.25) is 5.88 Å². The second-order valence-corrected chi connectivity index (χ2v) is 12.1. The first-order chi connectivity index (χ1) is 20.8. The zero-order chi connectivity index (χ0) is 29.8. The van der Waals surface area contributed by atoms with Gasteiger partial charge in [-0.1, -0.05) is 60.7 Å². The van der Waals surface area contributed by atoms with E-state index in [2.05, 4.69) is 45.5 Å². The normalized spacial score (nSPS) is 15.0. The van der Waals surface area contributed by atoms with Crippen LogP contribution >= 0.6 is 0 Å². The van der Waals surface area contributed by atoms with E-state index in [9.17, 15) is 9.90 Å². The van der Waals surface area contributed by atoms with Gasteiger partial charge in [0.15, 0.2) is 18.3 Å². The molecule has 3 aromatic heterocycles. The van der Waals surface area contributed by atoms with Crippen LogP contribution in [0.5, 0.6) is 5.88 Å². The number of pyridine rings is 2. The zero-order valence-electron chi connectivity index (χ0n) is 24.4. The lowest BCUT2D eigenvalue weighted by Crippen LogP contribution is -2.60. The number of rotatable bonds is 5. The van der Waals surface area contributed by atoms with Crippen LogP contribution in [-0.2, 0) is 12.1 Å². The monoisotopic (exact) mass is 572 g/mol. The smallest absolute Gasteiger partial charge is 0.408 e. The summed E-state index contributed by atoms with van der Waals surface area (Å²) in [6.45, 7) is 6.11. The Hall–Kier alpha value is -5.05. The molecule has 0 radical (unpaired) electrons. The summed E-state index contributed by atoms with van der Waals surface area (Å²) in [7, 11) is 0. The number of amides is 1. The van der Waals surface area contributed by atoms with E-state index < -0.39 is 17.2 Å². The van der Waals surface area contributed by atoms with Gasteiger partial charge in [-0.25, -0.2) is 9.78 Å². The van der Waals surface area contributed by atoms with Gasteiger partial charge >= 0.3 is 6.09 Å². The molecule has 1 saturated carbocycles. The summed E-state index contributed by atoms with van der Waals surface area (Å²) in [5, 5.41) is 19.0. The van der Waals surface area contributed by atoms with Gasteiger partial charge in [0, 0.05) is 22.9 Å².